The van der Waals surface area contributed by atoms with Crippen LogP contribution in [0.4, 0.5) is 0 Å². The Bertz CT molecular complexity index is 531. The maximum atomic E-state index is 12.0. The normalized spacial score (nSPS) is 16.9. The number of pyridine rings is 1. The van der Waals surface area contributed by atoms with Crippen molar-refractivity contribution >= 4 is 5.91 Å². The summed E-state index contributed by atoms with van der Waals surface area (Å²) in [5.74, 6) is 0.730. The highest BCUT2D eigenvalue weighted by molar-refractivity contribution is 5.76. The van der Waals surface area contributed by atoms with Gasteiger partial charge in [-0.2, -0.15) is 0 Å². The van der Waals surface area contributed by atoms with Crippen molar-refractivity contribution in [2.75, 3.05) is 19.6 Å². The molecular weight excluding hydrogens is 278 g/mol. The lowest BCUT2D eigenvalue weighted by molar-refractivity contribution is -0.122. The second kappa shape index (κ2) is 8.13. The summed E-state index contributed by atoms with van der Waals surface area (Å²) in [6, 6.07) is 5.32. The molecule has 0 aliphatic carbocycles. The van der Waals surface area contributed by atoms with Crippen LogP contribution >= 0.6 is 0 Å². The Morgan fingerprint density at radius 3 is 2.68 bits per heavy atom. The lowest BCUT2D eigenvalue weighted by Crippen LogP contribution is -2.45. The molecule has 1 aromatic heterocycles. The fourth-order valence-electron chi connectivity index (χ4n) is 2.94. The predicted molar refractivity (Wildman–Crippen MR) is 87.8 cm³/mol. The van der Waals surface area contributed by atoms with Gasteiger partial charge in [0.15, 0.2) is 0 Å². The quantitative estimate of drug-likeness (QED) is 0.866. The van der Waals surface area contributed by atoms with Crippen molar-refractivity contribution in [3.8, 4) is 0 Å². The van der Waals surface area contributed by atoms with Crippen molar-refractivity contribution in [2.45, 2.75) is 45.7 Å². The molecular formula is C17H27N3O2. The molecule has 2 heterocycles. The number of piperidine rings is 1. The third-order valence-corrected chi connectivity index (χ3v) is 4.05. The number of aromatic nitrogens is 1. The molecule has 1 aliphatic rings. The first-order valence-corrected chi connectivity index (χ1v) is 8.22. The van der Waals surface area contributed by atoms with Gasteiger partial charge in [0.1, 0.15) is 0 Å². The number of nitrogens with zero attached hydrogens (tertiary/aromatic N) is 2. The number of amides is 1. The number of hydrogen-bond acceptors (Lipinski definition) is 3. The van der Waals surface area contributed by atoms with Crippen LogP contribution in [0.3, 0.4) is 0 Å². The number of likely N-dealkylation sites (tertiary alicyclic amines) is 1. The van der Waals surface area contributed by atoms with Gasteiger partial charge in [-0.3, -0.25) is 9.59 Å². The third kappa shape index (κ3) is 5.30. The van der Waals surface area contributed by atoms with Crippen molar-refractivity contribution in [1.29, 1.82) is 0 Å². The molecule has 0 radical (unpaired) electrons. The van der Waals surface area contributed by atoms with Gasteiger partial charge in [-0.05, 0) is 24.8 Å². The van der Waals surface area contributed by atoms with Crippen LogP contribution in [0.15, 0.2) is 29.2 Å². The second-order valence-corrected chi connectivity index (χ2v) is 6.52. The molecule has 1 amide bonds. The van der Waals surface area contributed by atoms with Gasteiger partial charge in [-0.15, -0.1) is 0 Å². The monoisotopic (exact) mass is 305 g/mol. The molecule has 0 saturated carbocycles. The summed E-state index contributed by atoms with van der Waals surface area (Å²) >= 11 is 0. The predicted octanol–water partition coefficient (Wildman–Crippen LogP) is 1.47. The first-order valence-electron chi connectivity index (χ1n) is 8.22. The number of aryl methyl sites for hydroxylation is 1. The summed E-state index contributed by atoms with van der Waals surface area (Å²) in [7, 11) is 0. The van der Waals surface area contributed by atoms with Crippen molar-refractivity contribution < 1.29 is 4.79 Å². The molecule has 1 aliphatic heterocycles. The van der Waals surface area contributed by atoms with Gasteiger partial charge in [-0.1, -0.05) is 19.9 Å². The molecule has 1 aromatic rings. The van der Waals surface area contributed by atoms with E-state index in [2.05, 4.69) is 24.1 Å². The number of carbonyl (C=O) groups excluding carboxylic acids is 1. The lowest BCUT2D eigenvalue weighted by Gasteiger charge is -2.33. The third-order valence-electron chi connectivity index (χ3n) is 4.05. The highest BCUT2D eigenvalue weighted by atomic mass is 16.2. The Morgan fingerprint density at radius 1 is 1.32 bits per heavy atom. The van der Waals surface area contributed by atoms with Crippen LogP contribution in [0.1, 0.15) is 33.1 Å². The summed E-state index contributed by atoms with van der Waals surface area (Å²) in [6.45, 7) is 8.16. The van der Waals surface area contributed by atoms with E-state index in [9.17, 15) is 9.59 Å². The fraction of sp³-hybridized carbons (Fsp3) is 0.647. The molecule has 1 fully saturated rings. The van der Waals surface area contributed by atoms with E-state index in [0.29, 0.717) is 18.9 Å². The summed E-state index contributed by atoms with van der Waals surface area (Å²) in [5, 5.41) is 3.10. The van der Waals surface area contributed by atoms with E-state index in [1.807, 2.05) is 6.07 Å². The van der Waals surface area contributed by atoms with E-state index in [-0.39, 0.29) is 17.5 Å². The zero-order valence-electron chi connectivity index (χ0n) is 13.6. The molecule has 5 nitrogen and oxygen atoms in total. The van der Waals surface area contributed by atoms with E-state index >= 15 is 0 Å². The summed E-state index contributed by atoms with van der Waals surface area (Å²) in [4.78, 5) is 26.1. The van der Waals surface area contributed by atoms with Gasteiger partial charge in [-0.25, -0.2) is 0 Å². The minimum Gasteiger partial charge on any atom is -0.353 e. The van der Waals surface area contributed by atoms with Gasteiger partial charge in [0, 0.05) is 50.9 Å². The molecule has 1 N–H and O–H groups in total. The van der Waals surface area contributed by atoms with Crippen molar-refractivity contribution in [3.63, 3.8) is 0 Å². The van der Waals surface area contributed by atoms with E-state index in [0.717, 1.165) is 32.5 Å². The Balaban J connectivity index is 1.70. The first kappa shape index (κ1) is 16.7. The van der Waals surface area contributed by atoms with E-state index in [1.165, 1.54) is 6.07 Å². The molecule has 2 rings (SSSR count). The van der Waals surface area contributed by atoms with Crippen LogP contribution in [0.5, 0.6) is 0 Å². The number of rotatable bonds is 6. The fourth-order valence-corrected chi connectivity index (χ4v) is 2.94. The number of carbonyl (C=O) groups is 1. The average molecular weight is 305 g/mol. The van der Waals surface area contributed by atoms with Crippen LogP contribution in [-0.2, 0) is 11.3 Å². The highest BCUT2D eigenvalue weighted by Gasteiger charge is 2.20. The SMILES string of the molecule is CC(C)CN1CCC(NC(=O)CCn2ccccc2=O)CC1. The van der Waals surface area contributed by atoms with Gasteiger partial charge in [0.25, 0.3) is 5.56 Å². The topological polar surface area (TPSA) is 54.3 Å². The largest absolute Gasteiger partial charge is 0.353 e. The second-order valence-electron chi connectivity index (χ2n) is 6.52. The zero-order valence-corrected chi connectivity index (χ0v) is 13.6. The van der Waals surface area contributed by atoms with Gasteiger partial charge < -0.3 is 14.8 Å². The van der Waals surface area contributed by atoms with Crippen LogP contribution in [0, 0.1) is 5.92 Å². The minimum absolute atomic E-state index is 0.0399. The Hall–Kier alpha value is -1.62. The molecule has 22 heavy (non-hydrogen) atoms. The highest BCUT2D eigenvalue weighted by Crippen LogP contribution is 2.12. The van der Waals surface area contributed by atoms with Crippen molar-refractivity contribution in [3.05, 3.63) is 34.7 Å². The van der Waals surface area contributed by atoms with Gasteiger partial charge >= 0.3 is 0 Å². The Morgan fingerprint density at radius 2 is 2.05 bits per heavy atom. The molecule has 1 saturated heterocycles. The molecule has 5 heteroatoms. The molecule has 0 aromatic carbocycles. The van der Waals surface area contributed by atoms with Gasteiger partial charge in [0.05, 0.1) is 0 Å². The lowest BCUT2D eigenvalue weighted by atomic mass is 10.0. The van der Waals surface area contributed by atoms with Crippen molar-refractivity contribution in [2.24, 2.45) is 5.92 Å². The molecule has 0 unspecified atom stereocenters. The minimum atomic E-state index is -0.0581. The number of nitrogens with one attached hydrogen (secondary N) is 1. The van der Waals surface area contributed by atoms with E-state index in [4.69, 9.17) is 0 Å². The first-order chi connectivity index (χ1) is 10.5. The molecule has 0 atom stereocenters. The maximum absolute atomic E-state index is 12.0. The molecule has 0 spiro atoms. The van der Waals surface area contributed by atoms with E-state index < -0.39 is 0 Å². The van der Waals surface area contributed by atoms with Crippen molar-refractivity contribution in [1.82, 2.24) is 14.8 Å². The molecule has 122 valence electrons. The van der Waals surface area contributed by atoms with Gasteiger partial charge in [0.2, 0.25) is 5.91 Å². The Labute approximate surface area is 132 Å². The average Bonchev–Trinajstić information content (AvgIpc) is 2.48. The molecule has 0 bridgehead atoms. The van der Waals surface area contributed by atoms with Crippen LogP contribution < -0.4 is 10.9 Å². The van der Waals surface area contributed by atoms with Crippen LogP contribution in [0.25, 0.3) is 0 Å². The maximum Gasteiger partial charge on any atom is 0.250 e. The summed E-state index contributed by atoms with van der Waals surface area (Å²) in [5.41, 5.74) is -0.0581. The smallest absolute Gasteiger partial charge is 0.250 e. The van der Waals surface area contributed by atoms with Crippen LogP contribution in [-0.4, -0.2) is 41.1 Å². The standard InChI is InChI=1S/C17H27N3O2/c1-14(2)13-19-10-6-15(7-11-19)18-16(21)8-12-20-9-4-3-5-17(20)22/h3-5,9,14-15H,6-8,10-13H2,1-2H3,(H,18,21). The van der Waals surface area contributed by atoms with E-state index in [1.54, 1.807) is 16.8 Å². The van der Waals surface area contributed by atoms with Crippen LogP contribution in [0.2, 0.25) is 0 Å². The summed E-state index contributed by atoms with van der Waals surface area (Å²) in [6.07, 6.45) is 4.11. The Kier molecular flexibility index (Phi) is 6.19. The summed E-state index contributed by atoms with van der Waals surface area (Å²) < 4.78 is 1.57. The number of hydrogen-bond donors (Lipinski definition) is 1. The zero-order chi connectivity index (χ0) is 15.9.